The first kappa shape index (κ1) is 15.3. The van der Waals surface area contributed by atoms with E-state index in [4.69, 9.17) is 11.6 Å². The van der Waals surface area contributed by atoms with Crippen LogP contribution in [0.5, 0.6) is 0 Å². The van der Waals surface area contributed by atoms with Crippen LogP contribution in [-0.4, -0.2) is 23.9 Å². The van der Waals surface area contributed by atoms with Crippen LogP contribution < -0.4 is 10.6 Å². The summed E-state index contributed by atoms with van der Waals surface area (Å²) in [7, 11) is 0. The molecule has 3 amide bonds. The molecule has 4 nitrogen and oxygen atoms in total. The molecule has 1 fully saturated rings. The standard InChI is InChI=1S/C13H23ClN2O2/c1-12(2)5-9(6-13(3,4)8-12)15-11(18)16-10(17)7-14/h9H,5-8H2,1-4H3,(H2,15,16,17,18). The highest BCUT2D eigenvalue weighted by Crippen LogP contribution is 2.45. The fraction of sp³-hybridized carbons (Fsp3) is 0.846. The zero-order valence-electron chi connectivity index (χ0n) is 11.6. The van der Waals surface area contributed by atoms with Crippen LogP contribution in [0.2, 0.25) is 0 Å². The minimum absolute atomic E-state index is 0.104. The number of nitrogens with one attached hydrogen (secondary N) is 2. The van der Waals surface area contributed by atoms with E-state index < -0.39 is 11.9 Å². The smallest absolute Gasteiger partial charge is 0.321 e. The Morgan fingerprint density at radius 1 is 1.17 bits per heavy atom. The lowest BCUT2D eigenvalue weighted by molar-refractivity contribution is -0.117. The molecule has 1 aliphatic carbocycles. The molecular formula is C13H23ClN2O2. The van der Waals surface area contributed by atoms with Crippen molar-refractivity contribution in [3.8, 4) is 0 Å². The Morgan fingerprint density at radius 2 is 1.67 bits per heavy atom. The lowest BCUT2D eigenvalue weighted by Crippen LogP contribution is -2.50. The first-order valence-electron chi connectivity index (χ1n) is 6.30. The SMILES string of the molecule is CC1(C)CC(NC(=O)NC(=O)CCl)CC(C)(C)C1. The Morgan fingerprint density at radius 3 is 2.11 bits per heavy atom. The van der Waals surface area contributed by atoms with Crippen molar-refractivity contribution in [3.63, 3.8) is 0 Å². The number of halogens is 1. The maximum absolute atomic E-state index is 11.6. The molecule has 104 valence electrons. The predicted octanol–water partition coefficient (Wildman–Crippen LogP) is 2.66. The first-order valence-corrected chi connectivity index (χ1v) is 6.83. The summed E-state index contributed by atoms with van der Waals surface area (Å²) < 4.78 is 0. The average Bonchev–Trinajstić information content (AvgIpc) is 2.11. The van der Waals surface area contributed by atoms with Crippen LogP contribution in [0, 0.1) is 10.8 Å². The quantitative estimate of drug-likeness (QED) is 0.761. The number of rotatable bonds is 2. The topological polar surface area (TPSA) is 58.2 Å². The van der Waals surface area contributed by atoms with E-state index in [2.05, 4.69) is 38.3 Å². The molecule has 0 bridgehead atoms. The van der Waals surface area contributed by atoms with E-state index in [1.54, 1.807) is 0 Å². The molecule has 1 rings (SSSR count). The van der Waals surface area contributed by atoms with Gasteiger partial charge in [0.2, 0.25) is 5.91 Å². The first-order chi connectivity index (χ1) is 8.13. The second-order valence-electron chi connectivity index (χ2n) is 6.77. The van der Waals surface area contributed by atoms with Crippen LogP contribution in [0.15, 0.2) is 0 Å². The normalized spacial score (nSPS) is 22.3. The Balaban J connectivity index is 2.56. The Hall–Kier alpha value is -0.770. The van der Waals surface area contributed by atoms with Crippen LogP contribution in [0.3, 0.4) is 0 Å². The highest BCUT2D eigenvalue weighted by Gasteiger charge is 2.38. The molecule has 1 saturated carbocycles. The molecule has 5 heteroatoms. The summed E-state index contributed by atoms with van der Waals surface area (Å²) in [6.07, 6.45) is 3.00. The second kappa shape index (κ2) is 5.47. The molecule has 0 aliphatic heterocycles. The van der Waals surface area contributed by atoms with E-state index in [9.17, 15) is 9.59 Å². The number of hydrogen-bond donors (Lipinski definition) is 2. The lowest BCUT2D eigenvalue weighted by atomic mass is 9.63. The molecule has 0 atom stereocenters. The van der Waals surface area contributed by atoms with Gasteiger partial charge in [-0.15, -0.1) is 11.6 Å². The summed E-state index contributed by atoms with van der Waals surface area (Å²) in [6.45, 7) is 8.85. The summed E-state index contributed by atoms with van der Waals surface area (Å²) in [6, 6.07) is -0.342. The van der Waals surface area contributed by atoms with Crippen molar-refractivity contribution in [3.05, 3.63) is 0 Å². The van der Waals surface area contributed by atoms with E-state index in [-0.39, 0.29) is 22.8 Å². The van der Waals surface area contributed by atoms with Gasteiger partial charge in [0.1, 0.15) is 5.88 Å². The molecule has 0 radical (unpaired) electrons. The molecule has 2 N–H and O–H groups in total. The highest BCUT2D eigenvalue weighted by molar-refractivity contribution is 6.28. The fourth-order valence-corrected chi connectivity index (χ4v) is 3.40. The van der Waals surface area contributed by atoms with Gasteiger partial charge in [-0.25, -0.2) is 4.79 Å². The maximum atomic E-state index is 11.6. The molecule has 0 aromatic rings. The van der Waals surface area contributed by atoms with Gasteiger partial charge < -0.3 is 5.32 Å². The Bertz CT molecular complexity index is 324. The van der Waals surface area contributed by atoms with Gasteiger partial charge in [0.25, 0.3) is 0 Å². The molecule has 0 aromatic heterocycles. The minimum atomic E-state index is -0.469. The van der Waals surface area contributed by atoms with Crippen LogP contribution in [-0.2, 0) is 4.79 Å². The number of hydrogen-bond acceptors (Lipinski definition) is 2. The molecule has 0 saturated heterocycles. The summed E-state index contributed by atoms with van der Waals surface area (Å²) in [5, 5.41) is 5.08. The van der Waals surface area contributed by atoms with Gasteiger partial charge in [0.15, 0.2) is 0 Å². The Labute approximate surface area is 114 Å². The maximum Gasteiger partial charge on any atom is 0.321 e. The number of carbonyl (C=O) groups excluding carboxylic acids is 2. The number of imide groups is 1. The monoisotopic (exact) mass is 274 g/mol. The molecule has 0 heterocycles. The molecule has 18 heavy (non-hydrogen) atoms. The average molecular weight is 275 g/mol. The molecule has 1 aliphatic rings. The van der Waals surface area contributed by atoms with Gasteiger partial charge in [-0.05, 0) is 30.1 Å². The van der Waals surface area contributed by atoms with Crippen molar-refractivity contribution in [1.29, 1.82) is 0 Å². The van der Waals surface area contributed by atoms with Crippen molar-refractivity contribution >= 4 is 23.5 Å². The summed E-state index contributed by atoms with van der Waals surface area (Å²) in [5.74, 6) is -0.668. The number of urea groups is 1. The van der Waals surface area contributed by atoms with Gasteiger partial charge in [-0.3, -0.25) is 10.1 Å². The van der Waals surface area contributed by atoms with Gasteiger partial charge in [0, 0.05) is 6.04 Å². The zero-order valence-corrected chi connectivity index (χ0v) is 12.4. The van der Waals surface area contributed by atoms with Gasteiger partial charge in [-0.2, -0.15) is 0 Å². The summed E-state index contributed by atoms with van der Waals surface area (Å²) in [4.78, 5) is 22.6. The zero-order chi connectivity index (χ0) is 14.0. The third-order valence-electron chi connectivity index (χ3n) is 3.26. The molecule has 0 unspecified atom stereocenters. The Kier molecular flexibility index (Phi) is 4.65. The van der Waals surface area contributed by atoms with E-state index in [1.165, 1.54) is 0 Å². The van der Waals surface area contributed by atoms with Crippen LogP contribution in [0.4, 0.5) is 4.79 Å². The fourth-order valence-electron chi connectivity index (χ4n) is 3.33. The van der Waals surface area contributed by atoms with E-state index in [0.29, 0.717) is 0 Å². The van der Waals surface area contributed by atoms with E-state index in [0.717, 1.165) is 19.3 Å². The highest BCUT2D eigenvalue weighted by atomic mass is 35.5. The van der Waals surface area contributed by atoms with Crippen molar-refractivity contribution in [2.45, 2.75) is 53.0 Å². The van der Waals surface area contributed by atoms with Crippen LogP contribution >= 0.6 is 11.6 Å². The predicted molar refractivity (Wildman–Crippen MR) is 72.6 cm³/mol. The van der Waals surface area contributed by atoms with Crippen molar-refractivity contribution < 1.29 is 9.59 Å². The van der Waals surface area contributed by atoms with Gasteiger partial charge in [-0.1, -0.05) is 27.7 Å². The third kappa shape index (κ3) is 4.84. The largest absolute Gasteiger partial charge is 0.335 e. The molecular weight excluding hydrogens is 252 g/mol. The molecule has 0 aromatic carbocycles. The van der Waals surface area contributed by atoms with Gasteiger partial charge in [0.05, 0.1) is 0 Å². The lowest BCUT2D eigenvalue weighted by Gasteiger charge is -2.45. The van der Waals surface area contributed by atoms with Crippen molar-refractivity contribution in [1.82, 2.24) is 10.6 Å². The van der Waals surface area contributed by atoms with Crippen molar-refractivity contribution in [2.75, 3.05) is 5.88 Å². The third-order valence-corrected chi connectivity index (χ3v) is 3.51. The summed E-state index contributed by atoms with van der Waals surface area (Å²) >= 11 is 5.34. The van der Waals surface area contributed by atoms with E-state index >= 15 is 0 Å². The number of alkyl halides is 1. The molecule has 0 spiro atoms. The van der Waals surface area contributed by atoms with Crippen molar-refractivity contribution in [2.24, 2.45) is 10.8 Å². The van der Waals surface area contributed by atoms with Gasteiger partial charge >= 0.3 is 6.03 Å². The van der Waals surface area contributed by atoms with E-state index in [1.807, 2.05) is 0 Å². The summed E-state index contributed by atoms with van der Waals surface area (Å²) in [5.41, 5.74) is 0.409. The van der Waals surface area contributed by atoms with Crippen LogP contribution in [0.25, 0.3) is 0 Å². The number of amides is 3. The second-order valence-corrected chi connectivity index (χ2v) is 7.03. The van der Waals surface area contributed by atoms with Crippen LogP contribution in [0.1, 0.15) is 47.0 Å². The minimum Gasteiger partial charge on any atom is -0.335 e. The number of carbonyl (C=O) groups is 2.